The SMILES string of the molecule is O=S(=O)(c1ccc2ncccc2c1)N1CCC(c2cc3cc[nH]c3cn2)CC1. The summed E-state index contributed by atoms with van der Waals surface area (Å²) in [5, 5.41) is 1.98. The summed E-state index contributed by atoms with van der Waals surface area (Å²) < 4.78 is 27.8. The van der Waals surface area contributed by atoms with Crippen LogP contribution in [0.2, 0.25) is 0 Å². The lowest BCUT2D eigenvalue weighted by Gasteiger charge is -2.31. The predicted octanol–water partition coefficient (Wildman–Crippen LogP) is 3.68. The number of piperidine rings is 1. The molecule has 1 aliphatic rings. The van der Waals surface area contributed by atoms with E-state index in [1.807, 2.05) is 30.6 Å². The third-order valence-corrected chi connectivity index (χ3v) is 7.44. The van der Waals surface area contributed by atoms with Crippen LogP contribution in [0.1, 0.15) is 24.5 Å². The lowest BCUT2D eigenvalue weighted by molar-refractivity contribution is 0.317. The van der Waals surface area contributed by atoms with E-state index in [0.29, 0.717) is 18.0 Å². The summed E-state index contributed by atoms with van der Waals surface area (Å²) in [6, 6.07) is 13.0. The van der Waals surface area contributed by atoms with E-state index in [4.69, 9.17) is 0 Å². The molecule has 0 bridgehead atoms. The molecule has 0 unspecified atom stereocenters. The van der Waals surface area contributed by atoms with Gasteiger partial charge in [-0.2, -0.15) is 4.31 Å². The summed E-state index contributed by atoms with van der Waals surface area (Å²) in [7, 11) is -3.50. The zero-order valence-electron chi connectivity index (χ0n) is 15.2. The zero-order valence-corrected chi connectivity index (χ0v) is 16.1. The Morgan fingerprint density at radius 2 is 1.86 bits per heavy atom. The third kappa shape index (κ3) is 2.96. The van der Waals surface area contributed by atoms with Gasteiger partial charge in [-0.05, 0) is 49.2 Å². The van der Waals surface area contributed by atoms with Gasteiger partial charge in [0.15, 0.2) is 0 Å². The summed E-state index contributed by atoms with van der Waals surface area (Å²) in [4.78, 5) is 12.3. The summed E-state index contributed by atoms with van der Waals surface area (Å²) in [5.41, 5.74) is 2.86. The minimum atomic E-state index is -3.50. The number of hydrogen-bond donors (Lipinski definition) is 1. The van der Waals surface area contributed by atoms with E-state index in [1.54, 1.807) is 28.7 Å². The Hall–Kier alpha value is -2.77. The van der Waals surface area contributed by atoms with Gasteiger partial charge in [0.05, 0.1) is 22.1 Å². The number of hydrogen-bond acceptors (Lipinski definition) is 4. The fourth-order valence-electron chi connectivity index (χ4n) is 3.95. The summed E-state index contributed by atoms with van der Waals surface area (Å²) >= 11 is 0. The van der Waals surface area contributed by atoms with Crippen molar-refractivity contribution in [3.8, 4) is 0 Å². The number of pyridine rings is 2. The van der Waals surface area contributed by atoms with Crippen molar-refractivity contribution in [2.75, 3.05) is 13.1 Å². The van der Waals surface area contributed by atoms with E-state index < -0.39 is 10.0 Å². The molecule has 28 heavy (non-hydrogen) atoms. The molecule has 0 saturated carbocycles. The molecular weight excluding hydrogens is 372 g/mol. The van der Waals surface area contributed by atoms with Crippen molar-refractivity contribution in [2.24, 2.45) is 0 Å². The zero-order chi connectivity index (χ0) is 19.1. The van der Waals surface area contributed by atoms with Gasteiger partial charge >= 0.3 is 0 Å². The largest absolute Gasteiger partial charge is 0.360 e. The monoisotopic (exact) mass is 392 g/mol. The maximum absolute atomic E-state index is 13.1. The van der Waals surface area contributed by atoms with E-state index >= 15 is 0 Å². The molecule has 0 spiro atoms. The van der Waals surface area contributed by atoms with Crippen molar-refractivity contribution in [3.63, 3.8) is 0 Å². The molecule has 1 N–H and O–H groups in total. The predicted molar refractivity (Wildman–Crippen MR) is 109 cm³/mol. The van der Waals surface area contributed by atoms with Crippen molar-refractivity contribution in [1.82, 2.24) is 19.3 Å². The van der Waals surface area contributed by atoms with Crippen LogP contribution in [0.5, 0.6) is 0 Å². The smallest absolute Gasteiger partial charge is 0.243 e. The Morgan fingerprint density at radius 1 is 1.00 bits per heavy atom. The van der Waals surface area contributed by atoms with E-state index in [1.165, 1.54) is 0 Å². The quantitative estimate of drug-likeness (QED) is 0.577. The number of aromatic nitrogens is 3. The van der Waals surface area contributed by atoms with Crippen LogP contribution in [-0.2, 0) is 10.0 Å². The van der Waals surface area contributed by atoms with Gasteiger partial charge in [0.1, 0.15) is 0 Å². The number of nitrogens with one attached hydrogen (secondary N) is 1. The van der Waals surface area contributed by atoms with Crippen molar-refractivity contribution >= 4 is 31.8 Å². The second-order valence-corrected chi connectivity index (χ2v) is 9.15. The van der Waals surface area contributed by atoms with E-state index in [9.17, 15) is 8.42 Å². The molecule has 0 radical (unpaired) electrons. The molecule has 1 aromatic carbocycles. The number of sulfonamides is 1. The minimum Gasteiger partial charge on any atom is -0.360 e. The van der Waals surface area contributed by atoms with Crippen LogP contribution in [0.3, 0.4) is 0 Å². The summed E-state index contributed by atoms with van der Waals surface area (Å²) in [5.74, 6) is 0.284. The maximum atomic E-state index is 13.1. The van der Waals surface area contributed by atoms with Crippen LogP contribution in [-0.4, -0.2) is 40.8 Å². The molecule has 0 aliphatic carbocycles. The van der Waals surface area contributed by atoms with Crippen LogP contribution in [0.15, 0.2) is 66.0 Å². The summed E-state index contributed by atoms with van der Waals surface area (Å²) in [6.07, 6.45) is 7.02. The molecule has 1 saturated heterocycles. The van der Waals surface area contributed by atoms with Gasteiger partial charge in [-0.1, -0.05) is 6.07 Å². The number of benzene rings is 1. The molecule has 3 aromatic heterocycles. The molecule has 1 fully saturated rings. The first-order valence-corrected chi connectivity index (χ1v) is 10.8. The second-order valence-electron chi connectivity index (χ2n) is 7.21. The Kier molecular flexibility index (Phi) is 4.14. The molecule has 6 nitrogen and oxygen atoms in total. The number of nitrogens with zero attached hydrogens (tertiary/aromatic N) is 3. The second kappa shape index (κ2) is 6.68. The molecule has 4 heterocycles. The van der Waals surface area contributed by atoms with Crippen molar-refractivity contribution in [1.29, 1.82) is 0 Å². The van der Waals surface area contributed by atoms with Gasteiger partial charge in [-0.25, -0.2) is 8.42 Å². The fraction of sp³-hybridized carbons (Fsp3) is 0.238. The Labute approximate surface area is 163 Å². The highest BCUT2D eigenvalue weighted by Gasteiger charge is 2.30. The van der Waals surface area contributed by atoms with Gasteiger partial charge < -0.3 is 4.98 Å². The minimum absolute atomic E-state index is 0.284. The maximum Gasteiger partial charge on any atom is 0.243 e. The van der Waals surface area contributed by atoms with Crippen LogP contribution in [0.25, 0.3) is 21.8 Å². The lowest BCUT2D eigenvalue weighted by Crippen LogP contribution is -2.38. The average molecular weight is 392 g/mol. The topological polar surface area (TPSA) is 79.0 Å². The van der Waals surface area contributed by atoms with Crippen LogP contribution in [0, 0.1) is 0 Å². The fourth-order valence-corrected chi connectivity index (χ4v) is 5.45. The number of H-pyrrole nitrogens is 1. The van der Waals surface area contributed by atoms with Crippen LogP contribution < -0.4 is 0 Å². The van der Waals surface area contributed by atoms with Crippen molar-refractivity contribution in [3.05, 3.63) is 66.7 Å². The van der Waals surface area contributed by atoms with E-state index in [2.05, 4.69) is 21.0 Å². The molecule has 0 amide bonds. The molecular formula is C21H20N4O2S. The van der Waals surface area contributed by atoms with Crippen molar-refractivity contribution in [2.45, 2.75) is 23.7 Å². The third-order valence-electron chi connectivity index (χ3n) is 5.54. The highest BCUT2D eigenvalue weighted by Crippen LogP contribution is 2.31. The number of aromatic amines is 1. The number of fused-ring (bicyclic) bond motifs is 2. The molecule has 5 rings (SSSR count). The Bertz CT molecular complexity index is 1260. The van der Waals surface area contributed by atoms with Crippen LogP contribution >= 0.6 is 0 Å². The molecule has 0 atom stereocenters. The first-order valence-electron chi connectivity index (χ1n) is 9.39. The lowest BCUT2D eigenvalue weighted by atomic mass is 9.94. The van der Waals surface area contributed by atoms with Gasteiger partial charge in [-0.15, -0.1) is 0 Å². The normalized spacial score (nSPS) is 16.7. The Morgan fingerprint density at radius 3 is 2.71 bits per heavy atom. The van der Waals surface area contributed by atoms with Gasteiger partial charge in [0.2, 0.25) is 10.0 Å². The van der Waals surface area contributed by atoms with E-state index in [-0.39, 0.29) is 5.92 Å². The molecule has 1 aliphatic heterocycles. The highest BCUT2D eigenvalue weighted by molar-refractivity contribution is 7.89. The first-order chi connectivity index (χ1) is 13.6. The van der Waals surface area contributed by atoms with E-state index in [0.717, 1.165) is 40.3 Å². The summed E-state index contributed by atoms with van der Waals surface area (Å²) in [6.45, 7) is 1.01. The Balaban J connectivity index is 1.36. The molecule has 142 valence electrons. The molecule has 4 aromatic rings. The van der Waals surface area contributed by atoms with Crippen LogP contribution in [0.4, 0.5) is 0 Å². The van der Waals surface area contributed by atoms with Gasteiger partial charge in [-0.3, -0.25) is 9.97 Å². The number of rotatable bonds is 3. The van der Waals surface area contributed by atoms with Crippen molar-refractivity contribution < 1.29 is 8.42 Å². The van der Waals surface area contributed by atoms with Gasteiger partial charge in [0.25, 0.3) is 0 Å². The standard InChI is InChI=1S/C21H20N4O2S/c26-28(27,18-3-4-19-16(12-18)2-1-8-22-19)25-10-6-15(7-11-25)20-13-17-5-9-23-21(17)14-24-20/h1-5,8-9,12-15,23H,6-7,10-11H2. The highest BCUT2D eigenvalue weighted by atomic mass is 32.2. The van der Waals surface area contributed by atoms with Gasteiger partial charge in [0, 0.05) is 47.9 Å². The average Bonchev–Trinajstić information content (AvgIpc) is 3.21. The molecule has 7 heteroatoms. The first kappa shape index (κ1) is 17.3.